The fourth-order valence-corrected chi connectivity index (χ4v) is 3.58. The van der Waals surface area contributed by atoms with Crippen LogP contribution in [0.2, 0.25) is 10.0 Å². The number of ketones is 1. The number of methoxy groups -OCH3 is 1. The fraction of sp³-hybridized carbons (Fsp3) is 0.238. The van der Waals surface area contributed by atoms with E-state index in [1.54, 1.807) is 6.07 Å². The lowest BCUT2D eigenvalue weighted by atomic mass is 9.94. The number of carbonyl (C=O) groups excluding carboxylic acids is 2. The van der Waals surface area contributed by atoms with Crippen LogP contribution in [-0.2, 0) is 14.3 Å². The quantitative estimate of drug-likeness (QED) is 0.443. The molecule has 0 aliphatic carbocycles. The Morgan fingerprint density at radius 1 is 1.14 bits per heavy atom. The molecule has 1 fully saturated rings. The number of hydrogen-bond donors (Lipinski definition) is 1. The van der Waals surface area contributed by atoms with Crippen molar-refractivity contribution in [3.63, 3.8) is 0 Å². The number of amides is 1. The highest BCUT2D eigenvalue weighted by Gasteiger charge is 2.45. The van der Waals surface area contributed by atoms with E-state index in [0.717, 1.165) is 11.1 Å². The molecule has 0 saturated carbocycles. The van der Waals surface area contributed by atoms with Crippen LogP contribution in [0.5, 0.6) is 0 Å². The molecular formula is C21H19Cl2NO4. The molecule has 1 unspecified atom stereocenters. The van der Waals surface area contributed by atoms with Crippen LogP contribution in [0.4, 0.5) is 0 Å². The summed E-state index contributed by atoms with van der Waals surface area (Å²) in [6, 6.07) is 11.3. The van der Waals surface area contributed by atoms with Gasteiger partial charge in [-0.2, -0.15) is 0 Å². The average Bonchev–Trinajstić information content (AvgIpc) is 2.92. The van der Waals surface area contributed by atoms with Crippen molar-refractivity contribution in [1.82, 2.24) is 4.90 Å². The average molecular weight is 420 g/mol. The summed E-state index contributed by atoms with van der Waals surface area (Å²) >= 11 is 12.0. The number of hydrogen-bond acceptors (Lipinski definition) is 4. The summed E-state index contributed by atoms with van der Waals surface area (Å²) in [6.45, 7) is 2.41. The fourth-order valence-electron chi connectivity index (χ4n) is 3.29. The smallest absolute Gasteiger partial charge is 0.295 e. The number of aliphatic hydroxyl groups excluding tert-OH is 1. The second-order valence-corrected chi connectivity index (χ2v) is 7.34. The van der Waals surface area contributed by atoms with E-state index < -0.39 is 17.7 Å². The van der Waals surface area contributed by atoms with E-state index in [1.807, 2.05) is 31.2 Å². The van der Waals surface area contributed by atoms with Crippen LogP contribution in [0.3, 0.4) is 0 Å². The van der Waals surface area contributed by atoms with Gasteiger partial charge < -0.3 is 14.7 Å². The summed E-state index contributed by atoms with van der Waals surface area (Å²) in [4.78, 5) is 26.9. The Labute approximate surface area is 173 Å². The molecule has 1 heterocycles. The third kappa shape index (κ3) is 3.78. The number of halogens is 2. The molecule has 0 spiro atoms. The highest BCUT2D eigenvalue weighted by atomic mass is 35.5. The monoisotopic (exact) mass is 419 g/mol. The third-order valence-corrected chi connectivity index (χ3v) is 5.37. The summed E-state index contributed by atoms with van der Waals surface area (Å²) in [5, 5.41) is 11.5. The maximum Gasteiger partial charge on any atom is 0.295 e. The predicted molar refractivity (Wildman–Crippen MR) is 109 cm³/mol. The van der Waals surface area contributed by atoms with Crippen LogP contribution < -0.4 is 0 Å². The minimum atomic E-state index is -0.744. The van der Waals surface area contributed by atoms with E-state index in [-0.39, 0.29) is 29.5 Å². The number of nitrogens with zero attached hydrogens (tertiary/aromatic N) is 1. The van der Waals surface area contributed by atoms with Crippen LogP contribution >= 0.6 is 23.2 Å². The second-order valence-electron chi connectivity index (χ2n) is 6.53. The molecule has 3 rings (SSSR count). The first-order chi connectivity index (χ1) is 13.3. The maximum atomic E-state index is 12.8. The molecule has 1 amide bonds. The van der Waals surface area contributed by atoms with Crippen LogP contribution in [-0.4, -0.2) is 42.0 Å². The van der Waals surface area contributed by atoms with Gasteiger partial charge in [0.05, 0.1) is 28.3 Å². The standard InChI is InChI=1S/C21H19Cl2NO4/c1-12-4-3-5-13(10-12)18-17(20(26)21(27)24(18)8-9-28-2)19(25)14-6-7-15(22)16(23)11-14/h3-7,10-11,18,25H,8-9H2,1-2H3/b19-17-. The summed E-state index contributed by atoms with van der Waals surface area (Å²) in [5.74, 6) is -1.71. The molecular weight excluding hydrogens is 401 g/mol. The molecule has 1 saturated heterocycles. The van der Waals surface area contributed by atoms with E-state index in [2.05, 4.69) is 0 Å². The minimum Gasteiger partial charge on any atom is -0.507 e. The van der Waals surface area contributed by atoms with Crippen molar-refractivity contribution >= 4 is 40.7 Å². The second kappa shape index (κ2) is 8.35. The first-order valence-corrected chi connectivity index (χ1v) is 9.40. The molecule has 2 aromatic rings. The number of likely N-dealkylation sites (tertiary alicyclic amines) is 1. The molecule has 5 nitrogen and oxygen atoms in total. The Hall–Kier alpha value is -2.34. The number of ether oxygens (including phenoxy) is 1. The van der Waals surface area contributed by atoms with Gasteiger partial charge in [-0.05, 0) is 30.7 Å². The maximum absolute atomic E-state index is 12.8. The van der Waals surface area contributed by atoms with Gasteiger partial charge in [0, 0.05) is 19.2 Å². The molecule has 1 aliphatic heterocycles. The van der Waals surface area contributed by atoms with Crippen molar-refractivity contribution in [2.24, 2.45) is 0 Å². The number of rotatable bonds is 5. The van der Waals surface area contributed by atoms with E-state index in [0.29, 0.717) is 10.6 Å². The van der Waals surface area contributed by atoms with Gasteiger partial charge in [0.1, 0.15) is 5.76 Å². The van der Waals surface area contributed by atoms with Crippen LogP contribution in [0.15, 0.2) is 48.0 Å². The predicted octanol–water partition coefficient (Wildman–Crippen LogP) is 4.37. The molecule has 0 aromatic heterocycles. The molecule has 146 valence electrons. The summed E-state index contributed by atoms with van der Waals surface area (Å²) in [6.07, 6.45) is 0. The van der Waals surface area contributed by atoms with Gasteiger partial charge in [-0.3, -0.25) is 9.59 Å². The van der Waals surface area contributed by atoms with E-state index in [9.17, 15) is 14.7 Å². The van der Waals surface area contributed by atoms with Crippen molar-refractivity contribution in [3.8, 4) is 0 Å². The van der Waals surface area contributed by atoms with Crippen molar-refractivity contribution in [3.05, 3.63) is 74.8 Å². The Kier molecular flexibility index (Phi) is 6.08. The van der Waals surface area contributed by atoms with Gasteiger partial charge in [0.25, 0.3) is 11.7 Å². The SMILES string of the molecule is COCCN1C(=O)C(=O)/C(=C(\O)c2ccc(Cl)c(Cl)c2)C1c1cccc(C)c1. The van der Waals surface area contributed by atoms with Crippen molar-refractivity contribution in [2.75, 3.05) is 20.3 Å². The highest BCUT2D eigenvalue weighted by molar-refractivity contribution is 6.46. The van der Waals surface area contributed by atoms with Gasteiger partial charge in [-0.25, -0.2) is 0 Å². The van der Waals surface area contributed by atoms with Crippen molar-refractivity contribution in [1.29, 1.82) is 0 Å². The van der Waals surface area contributed by atoms with Gasteiger partial charge >= 0.3 is 0 Å². The number of aliphatic hydroxyl groups is 1. The Morgan fingerprint density at radius 2 is 1.89 bits per heavy atom. The lowest BCUT2D eigenvalue weighted by molar-refractivity contribution is -0.140. The van der Waals surface area contributed by atoms with E-state index >= 15 is 0 Å². The Bertz CT molecular complexity index is 971. The lowest BCUT2D eigenvalue weighted by Crippen LogP contribution is -2.32. The zero-order valence-corrected chi connectivity index (χ0v) is 16.9. The van der Waals surface area contributed by atoms with E-state index in [1.165, 1.54) is 24.1 Å². The van der Waals surface area contributed by atoms with Gasteiger partial charge in [-0.1, -0.05) is 53.0 Å². The molecule has 0 bridgehead atoms. The summed E-state index contributed by atoms with van der Waals surface area (Å²) in [7, 11) is 1.52. The molecule has 1 aliphatic rings. The number of Topliss-reactive ketones (excluding diaryl/α,β-unsaturated/α-hetero) is 1. The van der Waals surface area contributed by atoms with E-state index in [4.69, 9.17) is 27.9 Å². The lowest BCUT2D eigenvalue weighted by Gasteiger charge is -2.25. The Balaban J connectivity index is 2.18. The summed E-state index contributed by atoms with van der Waals surface area (Å²) in [5.41, 5.74) is 2.04. The Morgan fingerprint density at radius 3 is 2.54 bits per heavy atom. The van der Waals surface area contributed by atoms with Crippen LogP contribution in [0, 0.1) is 6.92 Å². The number of benzene rings is 2. The largest absolute Gasteiger partial charge is 0.507 e. The third-order valence-electron chi connectivity index (χ3n) is 4.63. The first-order valence-electron chi connectivity index (χ1n) is 8.64. The topological polar surface area (TPSA) is 66.8 Å². The summed E-state index contributed by atoms with van der Waals surface area (Å²) < 4.78 is 5.09. The van der Waals surface area contributed by atoms with Crippen LogP contribution in [0.25, 0.3) is 5.76 Å². The van der Waals surface area contributed by atoms with Crippen molar-refractivity contribution < 1.29 is 19.4 Å². The van der Waals surface area contributed by atoms with Gasteiger partial charge in [0.2, 0.25) is 0 Å². The van der Waals surface area contributed by atoms with Gasteiger partial charge in [-0.15, -0.1) is 0 Å². The molecule has 1 N–H and O–H groups in total. The minimum absolute atomic E-state index is 0.0186. The number of aryl methyl sites for hydroxylation is 1. The zero-order chi connectivity index (χ0) is 20.4. The van der Waals surface area contributed by atoms with Gasteiger partial charge in [0.15, 0.2) is 0 Å². The highest BCUT2D eigenvalue weighted by Crippen LogP contribution is 2.40. The first kappa shape index (κ1) is 20.4. The molecule has 28 heavy (non-hydrogen) atoms. The number of carbonyl (C=O) groups is 2. The molecule has 0 radical (unpaired) electrons. The molecule has 7 heteroatoms. The van der Waals surface area contributed by atoms with Crippen molar-refractivity contribution in [2.45, 2.75) is 13.0 Å². The molecule has 2 aromatic carbocycles. The zero-order valence-electron chi connectivity index (χ0n) is 15.4. The van der Waals surface area contributed by atoms with Crippen LogP contribution in [0.1, 0.15) is 22.7 Å². The normalized spacial score (nSPS) is 18.7. The molecule has 1 atom stereocenters.